The number of carbonyl (C=O) groups is 1. The molecule has 2 rings (SSSR count). The second-order valence-electron chi connectivity index (χ2n) is 4.37. The fourth-order valence-corrected chi connectivity index (χ4v) is 2.78. The third-order valence-electron chi connectivity index (χ3n) is 3.02. The van der Waals surface area contributed by atoms with E-state index in [1.54, 1.807) is 11.3 Å². The van der Waals surface area contributed by atoms with Crippen molar-refractivity contribution in [2.75, 3.05) is 13.1 Å². The Hall–Kier alpha value is -1.03. The standard InChI is InChI=1S/C12H18N2OS/c1-2-7-13-11(15)14-9-12(5-6-12)10-4-3-8-16-10/h3-4,8H,2,5-7,9H2,1H3,(H2,13,14,15). The van der Waals surface area contributed by atoms with Gasteiger partial charge >= 0.3 is 6.03 Å². The van der Waals surface area contributed by atoms with Gasteiger partial charge in [-0.3, -0.25) is 0 Å². The number of hydrogen-bond acceptors (Lipinski definition) is 2. The van der Waals surface area contributed by atoms with Crippen LogP contribution in [0.3, 0.4) is 0 Å². The molecule has 1 aromatic rings. The lowest BCUT2D eigenvalue weighted by Crippen LogP contribution is -2.39. The zero-order valence-electron chi connectivity index (χ0n) is 9.58. The van der Waals surface area contributed by atoms with Gasteiger partial charge in [0.1, 0.15) is 0 Å². The molecule has 0 saturated heterocycles. The van der Waals surface area contributed by atoms with E-state index in [0.717, 1.165) is 19.5 Å². The monoisotopic (exact) mass is 238 g/mol. The molecule has 4 heteroatoms. The van der Waals surface area contributed by atoms with Gasteiger partial charge in [-0.25, -0.2) is 4.79 Å². The third kappa shape index (κ3) is 2.55. The van der Waals surface area contributed by atoms with Gasteiger partial charge in [-0.15, -0.1) is 11.3 Å². The van der Waals surface area contributed by atoms with Crippen LogP contribution in [0.1, 0.15) is 31.1 Å². The number of urea groups is 1. The first-order chi connectivity index (χ1) is 7.77. The third-order valence-corrected chi connectivity index (χ3v) is 4.14. The van der Waals surface area contributed by atoms with Crippen LogP contribution in [0, 0.1) is 0 Å². The van der Waals surface area contributed by atoms with Gasteiger partial charge in [-0.2, -0.15) is 0 Å². The van der Waals surface area contributed by atoms with E-state index in [1.807, 2.05) is 6.92 Å². The van der Waals surface area contributed by atoms with Crippen LogP contribution in [0.15, 0.2) is 17.5 Å². The summed E-state index contributed by atoms with van der Waals surface area (Å²) in [5.41, 5.74) is 0.248. The molecule has 88 valence electrons. The Labute approximate surface area is 100 Å². The zero-order valence-corrected chi connectivity index (χ0v) is 10.4. The molecule has 2 N–H and O–H groups in total. The number of amides is 2. The molecule has 0 unspecified atom stereocenters. The van der Waals surface area contributed by atoms with Crippen LogP contribution in [0.25, 0.3) is 0 Å². The maximum absolute atomic E-state index is 11.4. The van der Waals surface area contributed by atoms with Crippen molar-refractivity contribution < 1.29 is 4.79 Å². The fourth-order valence-electron chi connectivity index (χ4n) is 1.79. The Morgan fingerprint density at radius 3 is 2.88 bits per heavy atom. The summed E-state index contributed by atoms with van der Waals surface area (Å²) in [4.78, 5) is 12.8. The van der Waals surface area contributed by atoms with Crippen molar-refractivity contribution in [1.29, 1.82) is 0 Å². The van der Waals surface area contributed by atoms with Crippen LogP contribution in [0.4, 0.5) is 4.79 Å². The number of thiophene rings is 1. The van der Waals surface area contributed by atoms with Crippen LogP contribution < -0.4 is 10.6 Å². The molecule has 3 nitrogen and oxygen atoms in total. The number of carbonyl (C=O) groups excluding carboxylic acids is 1. The van der Waals surface area contributed by atoms with Crippen molar-refractivity contribution in [2.24, 2.45) is 0 Å². The molecule has 1 aromatic heterocycles. The maximum Gasteiger partial charge on any atom is 0.314 e. The number of rotatable bonds is 5. The lowest BCUT2D eigenvalue weighted by Gasteiger charge is -2.14. The molecule has 0 bridgehead atoms. The Morgan fingerprint density at radius 1 is 1.50 bits per heavy atom. The largest absolute Gasteiger partial charge is 0.338 e. The quantitative estimate of drug-likeness (QED) is 0.813. The van der Waals surface area contributed by atoms with Gasteiger partial charge in [0.05, 0.1) is 0 Å². The van der Waals surface area contributed by atoms with Crippen LogP contribution in [-0.2, 0) is 5.41 Å². The van der Waals surface area contributed by atoms with Crippen molar-refractivity contribution in [2.45, 2.75) is 31.6 Å². The molecular formula is C12H18N2OS. The van der Waals surface area contributed by atoms with E-state index >= 15 is 0 Å². The molecule has 16 heavy (non-hydrogen) atoms. The molecule has 0 radical (unpaired) electrons. The fraction of sp³-hybridized carbons (Fsp3) is 0.583. The summed E-state index contributed by atoms with van der Waals surface area (Å²) in [5, 5.41) is 7.90. The molecule has 0 aliphatic heterocycles. The molecule has 1 aliphatic rings. The number of hydrogen-bond donors (Lipinski definition) is 2. The van der Waals surface area contributed by atoms with E-state index in [-0.39, 0.29) is 11.4 Å². The zero-order chi connectivity index (χ0) is 11.4. The van der Waals surface area contributed by atoms with E-state index in [9.17, 15) is 4.79 Å². The Kier molecular flexibility index (Phi) is 3.49. The molecule has 0 spiro atoms. The average Bonchev–Trinajstić information content (AvgIpc) is 2.88. The summed E-state index contributed by atoms with van der Waals surface area (Å²) in [6.07, 6.45) is 3.37. The highest BCUT2D eigenvalue weighted by atomic mass is 32.1. The first-order valence-electron chi connectivity index (χ1n) is 5.82. The Balaban J connectivity index is 1.80. The first-order valence-corrected chi connectivity index (χ1v) is 6.70. The van der Waals surface area contributed by atoms with Gasteiger partial charge in [0.15, 0.2) is 0 Å². The van der Waals surface area contributed by atoms with Crippen molar-refractivity contribution in [3.05, 3.63) is 22.4 Å². The van der Waals surface area contributed by atoms with Crippen molar-refractivity contribution >= 4 is 17.4 Å². The average molecular weight is 238 g/mol. The minimum absolute atomic E-state index is 0.0373. The normalized spacial score (nSPS) is 16.8. The van der Waals surface area contributed by atoms with Gasteiger partial charge in [-0.1, -0.05) is 13.0 Å². The highest BCUT2D eigenvalue weighted by molar-refractivity contribution is 7.10. The predicted molar refractivity (Wildman–Crippen MR) is 66.9 cm³/mol. The van der Waals surface area contributed by atoms with Gasteiger partial charge in [0, 0.05) is 23.4 Å². The molecule has 1 fully saturated rings. The van der Waals surface area contributed by atoms with Crippen molar-refractivity contribution in [3.8, 4) is 0 Å². The maximum atomic E-state index is 11.4. The van der Waals surface area contributed by atoms with Crippen LogP contribution >= 0.6 is 11.3 Å². The molecule has 0 aromatic carbocycles. The Bertz CT molecular complexity index is 344. The summed E-state index contributed by atoms with van der Waals surface area (Å²) in [6, 6.07) is 4.21. The van der Waals surface area contributed by atoms with E-state index in [0.29, 0.717) is 0 Å². The van der Waals surface area contributed by atoms with E-state index < -0.39 is 0 Å². The van der Waals surface area contributed by atoms with Crippen molar-refractivity contribution in [1.82, 2.24) is 10.6 Å². The summed E-state index contributed by atoms with van der Waals surface area (Å²) in [7, 11) is 0. The molecule has 0 atom stereocenters. The van der Waals surface area contributed by atoms with Gasteiger partial charge in [0.25, 0.3) is 0 Å². The SMILES string of the molecule is CCCNC(=O)NCC1(c2cccs2)CC1. The first kappa shape index (κ1) is 11.5. The second-order valence-corrected chi connectivity index (χ2v) is 5.31. The van der Waals surface area contributed by atoms with Crippen LogP contribution in [-0.4, -0.2) is 19.1 Å². The molecule has 1 heterocycles. The minimum Gasteiger partial charge on any atom is -0.338 e. The lowest BCUT2D eigenvalue weighted by atomic mass is 10.1. The van der Waals surface area contributed by atoms with Crippen molar-refractivity contribution in [3.63, 3.8) is 0 Å². The topological polar surface area (TPSA) is 41.1 Å². The smallest absolute Gasteiger partial charge is 0.314 e. The number of nitrogens with one attached hydrogen (secondary N) is 2. The molecule has 2 amide bonds. The van der Waals surface area contributed by atoms with Gasteiger partial charge in [-0.05, 0) is 30.7 Å². The predicted octanol–water partition coefficient (Wildman–Crippen LogP) is 2.49. The lowest BCUT2D eigenvalue weighted by molar-refractivity contribution is 0.240. The molecule has 1 aliphatic carbocycles. The minimum atomic E-state index is -0.0373. The molecular weight excluding hydrogens is 220 g/mol. The van der Waals surface area contributed by atoms with E-state index in [4.69, 9.17) is 0 Å². The van der Waals surface area contributed by atoms with Gasteiger partial charge in [0.2, 0.25) is 0 Å². The molecule has 1 saturated carbocycles. The van der Waals surface area contributed by atoms with Gasteiger partial charge < -0.3 is 10.6 Å². The summed E-state index contributed by atoms with van der Waals surface area (Å²) < 4.78 is 0. The van der Waals surface area contributed by atoms with Crippen LogP contribution in [0.2, 0.25) is 0 Å². The Morgan fingerprint density at radius 2 is 2.31 bits per heavy atom. The summed E-state index contributed by atoms with van der Waals surface area (Å²) >= 11 is 1.79. The highest BCUT2D eigenvalue weighted by Gasteiger charge is 2.45. The van der Waals surface area contributed by atoms with Crippen LogP contribution in [0.5, 0.6) is 0 Å². The van der Waals surface area contributed by atoms with E-state index in [1.165, 1.54) is 17.7 Å². The second kappa shape index (κ2) is 4.87. The summed E-state index contributed by atoms with van der Waals surface area (Å²) in [5.74, 6) is 0. The van der Waals surface area contributed by atoms with E-state index in [2.05, 4.69) is 28.1 Å². The summed E-state index contributed by atoms with van der Waals surface area (Å²) in [6.45, 7) is 3.56. The highest BCUT2D eigenvalue weighted by Crippen LogP contribution is 2.49.